The molecule has 1 saturated heterocycles. The van der Waals surface area contributed by atoms with Gasteiger partial charge in [0.1, 0.15) is 11.5 Å². The highest BCUT2D eigenvalue weighted by atomic mass is 16.3. The Morgan fingerprint density at radius 2 is 1.82 bits per heavy atom. The van der Waals surface area contributed by atoms with Gasteiger partial charge in [0.15, 0.2) is 0 Å². The highest BCUT2D eigenvalue weighted by Gasteiger charge is 2.20. The monoisotopic (exact) mass is 381 g/mol. The molecular formula is C22H27N3O3. The highest BCUT2D eigenvalue weighted by Crippen LogP contribution is 2.16. The first kappa shape index (κ1) is 19.7. The van der Waals surface area contributed by atoms with Gasteiger partial charge in [0.2, 0.25) is 11.8 Å². The third-order valence-corrected chi connectivity index (χ3v) is 4.78. The molecule has 0 aliphatic carbocycles. The van der Waals surface area contributed by atoms with Crippen molar-refractivity contribution < 1.29 is 14.0 Å². The Morgan fingerprint density at radius 3 is 2.50 bits per heavy atom. The Balaban J connectivity index is 1.31. The lowest BCUT2D eigenvalue weighted by molar-refractivity contribution is -0.131. The van der Waals surface area contributed by atoms with Crippen LogP contribution in [0.1, 0.15) is 24.4 Å². The predicted octanol–water partition coefficient (Wildman–Crippen LogP) is 2.85. The van der Waals surface area contributed by atoms with Crippen LogP contribution in [0.4, 0.5) is 5.69 Å². The minimum atomic E-state index is -0.182. The molecule has 6 nitrogen and oxygen atoms in total. The van der Waals surface area contributed by atoms with Crippen LogP contribution in [-0.4, -0.2) is 49.4 Å². The molecule has 148 valence electrons. The Labute approximate surface area is 165 Å². The number of nitrogens with zero attached hydrogens (tertiary/aromatic N) is 2. The fourth-order valence-corrected chi connectivity index (χ4v) is 3.22. The van der Waals surface area contributed by atoms with Crippen molar-refractivity contribution in [3.8, 4) is 0 Å². The molecule has 0 unspecified atom stereocenters. The Morgan fingerprint density at radius 1 is 1.07 bits per heavy atom. The molecule has 1 N–H and O–H groups in total. The maximum atomic E-state index is 12.4. The molecule has 1 aromatic heterocycles. The zero-order valence-electron chi connectivity index (χ0n) is 16.3. The van der Waals surface area contributed by atoms with Gasteiger partial charge >= 0.3 is 0 Å². The molecule has 0 spiro atoms. The van der Waals surface area contributed by atoms with E-state index in [4.69, 9.17) is 4.42 Å². The third-order valence-electron chi connectivity index (χ3n) is 4.78. The van der Waals surface area contributed by atoms with Gasteiger partial charge in [0, 0.05) is 50.9 Å². The van der Waals surface area contributed by atoms with Gasteiger partial charge in [0.05, 0.1) is 0 Å². The normalized spacial score (nSPS) is 14.5. The van der Waals surface area contributed by atoms with E-state index in [1.54, 1.807) is 6.08 Å². The van der Waals surface area contributed by atoms with Gasteiger partial charge in [-0.2, -0.15) is 0 Å². The summed E-state index contributed by atoms with van der Waals surface area (Å²) >= 11 is 0. The molecule has 6 heteroatoms. The number of carbonyl (C=O) groups is 2. The van der Waals surface area contributed by atoms with E-state index in [0.29, 0.717) is 25.1 Å². The summed E-state index contributed by atoms with van der Waals surface area (Å²) in [5.74, 6) is 1.43. The summed E-state index contributed by atoms with van der Waals surface area (Å²) in [6.45, 7) is 5.52. The van der Waals surface area contributed by atoms with Gasteiger partial charge in [0.25, 0.3) is 0 Å². The summed E-state index contributed by atoms with van der Waals surface area (Å²) in [6.07, 6.45) is 4.17. The van der Waals surface area contributed by atoms with Crippen molar-refractivity contribution in [3.05, 3.63) is 60.1 Å². The largest absolute Gasteiger partial charge is 0.462 e. The van der Waals surface area contributed by atoms with Crippen molar-refractivity contribution in [2.45, 2.75) is 19.8 Å². The number of carbonyl (C=O) groups excluding carboxylic acids is 2. The minimum Gasteiger partial charge on any atom is -0.462 e. The molecule has 1 aliphatic rings. The summed E-state index contributed by atoms with van der Waals surface area (Å²) in [5, 5.41) is 2.80. The maximum absolute atomic E-state index is 12.4. The molecule has 3 rings (SSSR count). The summed E-state index contributed by atoms with van der Waals surface area (Å²) < 4.78 is 5.37. The lowest BCUT2D eigenvalue weighted by atomic mass is 10.2. The quantitative estimate of drug-likeness (QED) is 0.592. The fraction of sp³-hybridized carbons (Fsp3) is 0.364. The highest BCUT2D eigenvalue weighted by molar-refractivity contribution is 5.91. The molecular weight excluding hydrogens is 354 g/mol. The van der Waals surface area contributed by atoms with E-state index in [9.17, 15) is 9.59 Å². The summed E-state index contributed by atoms with van der Waals surface area (Å²) in [4.78, 5) is 28.4. The summed E-state index contributed by atoms with van der Waals surface area (Å²) in [5.41, 5.74) is 1.20. The first-order chi connectivity index (χ1) is 13.6. The SMILES string of the molecule is Cc1ccc(/C=C/C(=O)NCCCC(=O)N2CCN(c3ccccc3)CC2)o1. The van der Waals surface area contributed by atoms with Crippen molar-refractivity contribution in [1.29, 1.82) is 0 Å². The first-order valence-electron chi connectivity index (χ1n) is 9.72. The third kappa shape index (κ3) is 5.74. The smallest absolute Gasteiger partial charge is 0.244 e. The summed E-state index contributed by atoms with van der Waals surface area (Å²) in [7, 11) is 0. The van der Waals surface area contributed by atoms with Crippen LogP contribution >= 0.6 is 0 Å². The fourth-order valence-electron chi connectivity index (χ4n) is 3.22. The molecule has 1 fully saturated rings. The van der Waals surface area contributed by atoms with Crippen molar-refractivity contribution >= 4 is 23.6 Å². The second-order valence-electron chi connectivity index (χ2n) is 6.88. The van der Waals surface area contributed by atoms with E-state index >= 15 is 0 Å². The van der Waals surface area contributed by atoms with Gasteiger partial charge in [-0.15, -0.1) is 0 Å². The first-order valence-corrected chi connectivity index (χ1v) is 9.72. The number of benzene rings is 1. The Kier molecular flexibility index (Phi) is 6.89. The molecule has 2 amide bonds. The minimum absolute atomic E-state index is 0.156. The van der Waals surface area contributed by atoms with Crippen LogP contribution in [0.15, 0.2) is 53.0 Å². The van der Waals surface area contributed by atoms with Gasteiger partial charge in [-0.1, -0.05) is 18.2 Å². The van der Waals surface area contributed by atoms with Gasteiger partial charge in [-0.3, -0.25) is 9.59 Å². The molecule has 0 bridgehead atoms. The average Bonchev–Trinajstić information content (AvgIpc) is 3.15. The summed E-state index contributed by atoms with van der Waals surface area (Å²) in [6, 6.07) is 13.9. The average molecular weight is 381 g/mol. The molecule has 1 aliphatic heterocycles. The number of piperazine rings is 1. The number of nitrogens with one attached hydrogen (secondary N) is 1. The number of furan rings is 1. The Hall–Kier alpha value is -3.02. The van der Waals surface area contributed by atoms with Gasteiger partial charge < -0.3 is 19.5 Å². The van der Waals surface area contributed by atoms with E-state index in [1.807, 2.05) is 42.2 Å². The topological polar surface area (TPSA) is 65.8 Å². The predicted molar refractivity (Wildman–Crippen MR) is 110 cm³/mol. The number of hydrogen-bond donors (Lipinski definition) is 1. The van der Waals surface area contributed by atoms with E-state index in [-0.39, 0.29) is 11.8 Å². The van der Waals surface area contributed by atoms with Gasteiger partial charge in [-0.05, 0) is 43.7 Å². The number of aryl methyl sites for hydroxylation is 1. The number of rotatable bonds is 7. The van der Waals surface area contributed by atoms with Crippen molar-refractivity contribution in [1.82, 2.24) is 10.2 Å². The Bertz CT molecular complexity index is 805. The number of anilines is 1. The van der Waals surface area contributed by atoms with E-state index in [1.165, 1.54) is 11.8 Å². The second-order valence-corrected chi connectivity index (χ2v) is 6.88. The van der Waals surface area contributed by atoms with E-state index < -0.39 is 0 Å². The standard InChI is InChI=1S/C22H27N3O3/c1-18-9-10-20(28-18)11-12-21(26)23-13-5-8-22(27)25-16-14-24(15-17-25)19-6-3-2-4-7-19/h2-4,6-7,9-12H,5,8,13-17H2,1H3,(H,23,26)/b12-11+. The molecule has 2 aromatic rings. The molecule has 28 heavy (non-hydrogen) atoms. The van der Waals surface area contributed by atoms with Crippen LogP contribution in [-0.2, 0) is 9.59 Å². The molecule has 0 radical (unpaired) electrons. The van der Waals surface area contributed by atoms with Crippen molar-refractivity contribution in [2.75, 3.05) is 37.6 Å². The second kappa shape index (κ2) is 9.78. The van der Waals surface area contributed by atoms with Crippen molar-refractivity contribution in [3.63, 3.8) is 0 Å². The zero-order valence-corrected chi connectivity index (χ0v) is 16.3. The number of para-hydroxylation sites is 1. The van der Waals surface area contributed by atoms with E-state index in [0.717, 1.165) is 31.9 Å². The van der Waals surface area contributed by atoms with Crippen molar-refractivity contribution in [2.24, 2.45) is 0 Å². The number of hydrogen-bond acceptors (Lipinski definition) is 4. The van der Waals surface area contributed by atoms with E-state index in [2.05, 4.69) is 22.3 Å². The lowest BCUT2D eigenvalue weighted by Crippen LogP contribution is -2.48. The molecule has 0 saturated carbocycles. The maximum Gasteiger partial charge on any atom is 0.244 e. The molecule has 1 aromatic carbocycles. The zero-order chi connectivity index (χ0) is 19.8. The van der Waals surface area contributed by atoms with Crippen LogP contribution in [0.25, 0.3) is 6.08 Å². The van der Waals surface area contributed by atoms with Crippen LogP contribution in [0.3, 0.4) is 0 Å². The molecule has 2 heterocycles. The lowest BCUT2D eigenvalue weighted by Gasteiger charge is -2.36. The van der Waals surface area contributed by atoms with Crippen LogP contribution in [0.5, 0.6) is 0 Å². The molecule has 0 atom stereocenters. The number of amides is 2. The van der Waals surface area contributed by atoms with Crippen LogP contribution < -0.4 is 10.2 Å². The van der Waals surface area contributed by atoms with Gasteiger partial charge in [-0.25, -0.2) is 0 Å². The van der Waals surface area contributed by atoms with Crippen LogP contribution in [0, 0.1) is 6.92 Å². The van der Waals surface area contributed by atoms with Crippen LogP contribution in [0.2, 0.25) is 0 Å².